The molecule has 0 aliphatic carbocycles. The molecule has 76 valence electrons. The number of carbonyl (C=O) groups is 1. The Labute approximate surface area is 78.4 Å². The molecule has 2 N–H and O–H groups in total. The molecule has 1 fully saturated rings. The van der Waals surface area contributed by atoms with Gasteiger partial charge in [-0.05, 0) is 13.3 Å². The molecule has 0 amide bonds. The van der Waals surface area contributed by atoms with Crippen LogP contribution in [0.4, 0.5) is 0 Å². The van der Waals surface area contributed by atoms with Crippen molar-refractivity contribution in [1.82, 2.24) is 0 Å². The molecule has 1 aliphatic heterocycles. The van der Waals surface area contributed by atoms with Crippen molar-refractivity contribution in [3.8, 4) is 0 Å². The van der Waals surface area contributed by atoms with Crippen LogP contribution in [-0.2, 0) is 14.3 Å². The van der Waals surface area contributed by atoms with Crippen LogP contribution in [0.5, 0.6) is 0 Å². The van der Waals surface area contributed by atoms with Crippen LogP contribution in [0.3, 0.4) is 0 Å². The second-order valence-corrected chi connectivity index (χ2v) is 3.68. The standard InChI is InChI=1S/C9H17NO3/c1-3-4-13-8(11)9(2)6-12-5-7(9)10/h7H,3-6,10H2,1-2H3. The van der Waals surface area contributed by atoms with Gasteiger partial charge in [0.1, 0.15) is 5.41 Å². The molecule has 1 aliphatic rings. The Morgan fingerprint density at radius 1 is 1.77 bits per heavy atom. The fourth-order valence-corrected chi connectivity index (χ4v) is 1.26. The van der Waals surface area contributed by atoms with Crippen LogP contribution in [0.2, 0.25) is 0 Å². The van der Waals surface area contributed by atoms with Gasteiger partial charge in [-0.2, -0.15) is 0 Å². The maximum atomic E-state index is 11.6. The van der Waals surface area contributed by atoms with Crippen LogP contribution >= 0.6 is 0 Å². The Morgan fingerprint density at radius 3 is 2.92 bits per heavy atom. The average Bonchev–Trinajstić information content (AvgIpc) is 2.44. The summed E-state index contributed by atoms with van der Waals surface area (Å²) in [6.07, 6.45) is 0.831. The van der Waals surface area contributed by atoms with Crippen molar-refractivity contribution < 1.29 is 14.3 Å². The second-order valence-electron chi connectivity index (χ2n) is 3.68. The van der Waals surface area contributed by atoms with Crippen molar-refractivity contribution in [2.75, 3.05) is 19.8 Å². The molecule has 1 rings (SSSR count). The van der Waals surface area contributed by atoms with Gasteiger partial charge in [0, 0.05) is 6.04 Å². The van der Waals surface area contributed by atoms with Crippen LogP contribution in [0.15, 0.2) is 0 Å². The topological polar surface area (TPSA) is 61.5 Å². The predicted octanol–water partition coefficient (Wildman–Crippen LogP) is 0.303. The van der Waals surface area contributed by atoms with Gasteiger partial charge in [0.15, 0.2) is 0 Å². The first-order valence-corrected chi connectivity index (χ1v) is 4.62. The zero-order chi connectivity index (χ0) is 9.90. The zero-order valence-corrected chi connectivity index (χ0v) is 8.21. The molecule has 4 heteroatoms. The molecule has 0 spiro atoms. The third kappa shape index (κ3) is 2.00. The smallest absolute Gasteiger partial charge is 0.315 e. The van der Waals surface area contributed by atoms with E-state index in [4.69, 9.17) is 15.2 Å². The third-order valence-electron chi connectivity index (χ3n) is 2.42. The molecule has 1 heterocycles. The van der Waals surface area contributed by atoms with Gasteiger partial charge in [-0.3, -0.25) is 4.79 Å². The van der Waals surface area contributed by atoms with E-state index in [1.807, 2.05) is 6.92 Å². The lowest BCUT2D eigenvalue weighted by Crippen LogP contribution is -2.45. The molecule has 4 nitrogen and oxygen atoms in total. The van der Waals surface area contributed by atoms with Gasteiger partial charge in [0.2, 0.25) is 0 Å². The van der Waals surface area contributed by atoms with E-state index in [0.717, 1.165) is 6.42 Å². The maximum absolute atomic E-state index is 11.6. The van der Waals surface area contributed by atoms with Crippen LogP contribution < -0.4 is 5.73 Å². The predicted molar refractivity (Wildman–Crippen MR) is 48.2 cm³/mol. The molecule has 0 bridgehead atoms. The SMILES string of the molecule is CCCOC(=O)C1(C)COCC1N. The van der Waals surface area contributed by atoms with E-state index >= 15 is 0 Å². The first-order chi connectivity index (χ1) is 6.11. The van der Waals surface area contributed by atoms with Crippen molar-refractivity contribution in [3.63, 3.8) is 0 Å². The van der Waals surface area contributed by atoms with E-state index in [2.05, 4.69) is 0 Å². The highest BCUT2D eigenvalue weighted by Gasteiger charge is 2.45. The summed E-state index contributed by atoms with van der Waals surface area (Å²) in [6, 6.07) is -0.239. The van der Waals surface area contributed by atoms with Gasteiger partial charge >= 0.3 is 5.97 Å². The molecule has 0 aromatic rings. The number of nitrogens with two attached hydrogens (primary N) is 1. The minimum absolute atomic E-state index is 0.237. The highest BCUT2D eigenvalue weighted by atomic mass is 16.5. The second kappa shape index (κ2) is 4.07. The lowest BCUT2D eigenvalue weighted by atomic mass is 9.86. The Bertz CT molecular complexity index is 195. The molecule has 0 aromatic heterocycles. The number of ether oxygens (including phenoxy) is 2. The van der Waals surface area contributed by atoms with E-state index in [9.17, 15) is 4.79 Å². The molecule has 0 radical (unpaired) electrons. The summed E-state index contributed by atoms with van der Waals surface area (Å²) in [5.41, 5.74) is 5.12. The van der Waals surface area contributed by atoms with Gasteiger partial charge in [-0.25, -0.2) is 0 Å². The molecule has 2 unspecified atom stereocenters. The minimum Gasteiger partial charge on any atom is -0.465 e. The minimum atomic E-state index is -0.644. The van der Waals surface area contributed by atoms with E-state index < -0.39 is 5.41 Å². The van der Waals surface area contributed by atoms with Crippen molar-refractivity contribution in [2.45, 2.75) is 26.3 Å². The largest absolute Gasteiger partial charge is 0.465 e. The fourth-order valence-electron chi connectivity index (χ4n) is 1.26. The zero-order valence-electron chi connectivity index (χ0n) is 8.21. The molecule has 13 heavy (non-hydrogen) atoms. The Kier molecular flexibility index (Phi) is 3.27. The van der Waals surface area contributed by atoms with Crippen LogP contribution in [-0.4, -0.2) is 31.8 Å². The molecule has 0 saturated carbocycles. The van der Waals surface area contributed by atoms with E-state index in [0.29, 0.717) is 19.8 Å². The van der Waals surface area contributed by atoms with E-state index in [1.54, 1.807) is 6.92 Å². The van der Waals surface area contributed by atoms with Gasteiger partial charge in [0.25, 0.3) is 0 Å². The van der Waals surface area contributed by atoms with Crippen molar-refractivity contribution in [2.24, 2.45) is 11.1 Å². The number of carbonyl (C=O) groups excluding carboxylic acids is 1. The summed E-state index contributed by atoms with van der Waals surface area (Å²) in [5, 5.41) is 0. The molecular formula is C9H17NO3. The van der Waals surface area contributed by atoms with Gasteiger partial charge in [-0.1, -0.05) is 6.92 Å². The lowest BCUT2D eigenvalue weighted by molar-refractivity contribution is -0.155. The van der Waals surface area contributed by atoms with Gasteiger partial charge in [0.05, 0.1) is 19.8 Å². The van der Waals surface area contributed by atoms with Crippen LogP contribution in [0.25, 0.3) is 0 Å². The molecule has 2 atom stereocenters. The van der Waals surface area contributed by atoms with Crippen molar-refractivity contribution in [3.05, 3.63) is 0 Å². The Morgan fingerprint density at radius 2 is 2.46 bits per heavy atom. The highest BCUT2D eigenvalue weighted by Crippen LogP contribution is 2.28. The quantitative estimate of drug-likeness (QED) is 0.646. The first kappa shape index (κ1) is 10.5. The van der Waals surface area contributed by atoms with Gasteiger partial charge < -0.3 is 15.2 Å². The van der Waals surface area contributed by atoms with Crippen LogP contribution in [0, 0.1) is 5.41 Å². The molecular weight excluding hydrogens is 170 g/mol. The van der Waals surface area contributed by atoms with Crippen molar-refractivity contribution >= 4 is 5.97 Å². The number of rotatable bonds is 3. The average molecular weight is 187 g/mol. The number of hydrogen-bond donors (Lipinski definition) is 1. The molecule has 1 saturated heterocycles. The number of hydrogen-bond acceptors (Lipinski definition) is 4. The first-order valence-electron chi connectivity index (χ1n) is 4.62. The van der Waals surface area contributed by atoms with Gasteiger partial charge in [-0.15, -0.1) is 0 Å². The van der Waals surface area contributed by atoms with Crippen LogP contribution in [0.1, 0.15) is 20.3 Å². The van der Waals surface area contributed by atoms with E-state index in [1.165, 1.54) is 0 Å². The van der Waals surface area contributed by atoms with E-state index in [-0.39, 0.29) is 12.0 Å². The molecule has 0 aromatic carbocycles. The van der Waals surface area contributed by atoms with Crippen molar-refractivity contribution in [1.29, 1.82) is 0 Å². The Balaban J connectivity index is 2.53. The summed E-state index contributed by atoms with van der Waals surface area (Å²) >= 11 is 0. The summed E-state index contributed by atoms with van der Waals surface area (Å²) in [6.45, 7) is 5.03. The Hall–Kier alpha value is -0.610. The fraction of sp³-hybridized carbons (Fsp3) is 0.889. The number of esters is 1. The normalized spacial score (nSPS) is 33.3. The summed E-state index contributed by atoms with van der Waals surface area (Å²) < 4.78 is 10.2. The monoisotopic (exact) mass is 187 g/mol. The summed E-state index contributed by atoms with van der Waals surface area (Å²) in [7, 11) is 0. The third-order valence-corrected chi connectivity index (χ3v) is 2.42. The summed E-state index contributed by atoms with van der Waals surface area (Å²) in [5.74, 6) is -0.237. The highest BCUT2D eigenvalue weighted by molar-refractivity contribution is 5.78. The lowest BCUT2D eigenvalue weighted by Gasteiger charge is -2.23. The maximum Gasteiger partial charge on any atom is 0.315 e. The summed E-state index contributed by atoms with van der Waals surface area (Å²) in [4.78, 5) is 11.6.